The molecule has 3 aromatic carbocycles. The fraction of sp³-hybridized carbons (Fsp3) is 0.300. The number of rotatable bonds is 9. The number of hydrogen-bond acceptors (Lipinski definition) is 8. The number of benzene rings is 3. The minimum absolute atomic E-state index is 0.0563. The van der Waals surface area contributed by atoms with Crippen LogP contribution >= 0.6 is 0 Å². The molecule has 1 aromatic heterocycles. The van der Waals surface area contributed by atoms with Crippen molar-refractivity contribution >= 4 is 22.2 Å². The third-order valence-electron chi connectivity index (χ3n) is 6.77. The molecule has 42 heavy (non-hydrogen) atoms. The number of ether oxygens (including phenoxy) is 3. The van der Waals surface area contributed by atoms with E-state index in [1.54, 1.807) is 43.6 Å². The van der Waals surface area contributed by atoms with Gasteiger partial charge in [0.1, 0.15) is 11.6 Å². The van der Waals surface area contributed by atoms with Crippen molar-refractivity contribution in [3.63, 3.8) is 0 Å². The predicted octanol–water partition coefficient (Wildman–Crippen LogP) is 4.74. The first-order valence-corrected chi connectivity index (χ1v) is 14.4. The Bertz CT molecular complexity index is 1510. The fourth-order valence-electron chi connectivity index (χ4n) is 4.58. The van der Waals surface area contributed by atoms with Crippen molar-refractivity contribution < 1.29 is 31.8 Å². The lowest BCUT2D eigenvalue weighted by atomic mass is 10.1. The summed E-state index contributed by atoms with van der Waals surface area (Å²) in [7, 11) is 3.73. The molecule has 0 aliphatic carbocycles. The van der Waals surface area contributed by atoms with Gasteiger partial charge in [-0.2, -0.15) is 0 Å². The van der Waals surface area contributed by atoms with E-state index in [2.05, 4.69) is 27.0 Å². The maximum Gasteiger partial charge on any atom is 0.166 e. The summed E-state index contributed by atoms with van der Waals surface area (Å²) in [6.07, 6.45) is 2.52. The normalized spacial score (nSPS) is 14.6. The van der Waals surface area contributed by atoms with Gasteiger partial charge in [0.25, 0.3) is 0 Å². The zero-order chi connectivity index (χ0) is 30.1. The second-order valence-electron chi connectivity index (χ2n) is 9.69. The molecule has 1 aliphatic rings. The number of pyridine rings is 1. The monoisotopic (exact) mass is 599 g/mol. The molecule has 224 valence electrons. The van der Waals surface area contributed by atoms with Crippen LogP contribution < -0.4 is 19.3 Å². The van der Waals surface area contributed by atoms with Gasteiger partial charge in [-0.15, -0.1) is 0 Å². The highest BCUT2D eigenvalue weighted by molar-refractivity contribution is 7.76. The van der Waals surface area contributed by atoms with E-state index in [1.165, 1.54) is 24.3 Å². The summed E-state index contributed by atoms with van der Waals surface area (Å²) in [5, 5.41) is 4.70. The summed E-state index contributed by atoms with van der Waals surface area (Å²) in [6, 6.07) is 15.9. The fourth-order valence-corrected chi connectivity index (χ4v) is 4.58. The van der Waals surface area contributed by atoms with Crippen LogP contribution in [0.25, 0.3) is 22.0 Å². The van der Waals surface area contributed by atoms with Crippen LogP contribution in [0.4, 0.5) is 8.78 Å². The van der Waals surface area contributed by atoms with Crippen LogP contribution in [0.5, 0.6) is 23.0 Å². The summed E-state index contributed by atoms with van der Waals surface area (Å²) >= 11 is -2.36. The minimum atomic E-state index is -2.36. The predicted molar refractivity (Wildman–Crippen MR) is 157 cm³/mol. The highest BCUT2D eigenvalue weighted by atomic mass is 32.2. The number of aromatic nitrogens is 1. The Morgan fingerprint density at radius 1 is 0.952 bits per heavy atom. The van der Waals surface area contributed by atoms with Crippen LogP contribution in [0.1, 0.15) is 6.42 Å². The van der Waals surface area contributed by atoms with Gasteiger partial charge in [-0.25, -0.2) is 8.78 Å². The molecule has 0 radical (unpaired) electrons. The van der Waals surface area contributed by atoms with Crippen molar-refractivity contribution in [2.75, 3.05) is 53.5 Å². The highest BCUT2D eigenvalue weighted by Gasteiger charge is 2.16. The molecule has 4 aromatic rings. The van der Waals surface area contributed by atoms with Crippen LogP contribution in [0.3, 0.4) is 0 Å². The molecule has 12 heteroatoms. The smallest absolute Gasteiger partial charge is 0.166 e. The Morgan fingerprint density at radius 3 is 2.38 bits per heavy atom. The molecule has 9 nitrogen and oxygen atoms in total. The van der Waals surface area contributed by atoms with Crippen LogP contribution in [-0.4, -0.2) is 77.0 Å². The summed E-state index contributed by atoms with van der Waals surface area (Å²) in [4.78, 5) is 9.25. The van der Waals surface area contributed by atoms with Crippen LogP contribution in [-0.2, 0) is 11.3 Å². The van der Waals surface area contributed by atoms with Crippen molar-refractivity contribution in [1.82, 2.24) is 14.8 Å². The standard InChI is InChI=1S/C30H31F2N3O3.H3NO2S/c1-34-12-14-35(15-13-34)11-4-16-37-30-20-26-24(19-29(30)36-2)27(9-10-33-26)38-28-8-7-22(18-25(28)32)21-5-3-6-23(31)17-21;1-4(2)3/h3,5-10,17-20H,4,11-16H2,1-2H3;1H2,(H,2,3)/p-1. The van der Waals surface area contributed by atoms with Crippen LogP contribution in [0.2, 0.25) is 0 Å². The first kappa shape index (κ1) is 31.3. The lowest BCUT2D eigenvalue weighted by molar-refractivity contribution is 0.145. The average Bonchev–Trinajstić information content (AvgIpc) is 2.96. The highest BCUT2D eigenvalue weighted by Crippen LogP contribution is 2.38. The Hall–Kier alpha value is -3.68. The van der Waals surface area contributed by atoms with Crippen molar-refractivity contribution in [2.45, 2.75) is 6.42 Å². The van der Waals surface area contributed by atoms with E-state index in [4.69, 9.17) is 23.0 Å². The molecular formula is C30H33F2N4O5S-. The van der Waals surface area contributed by atoms with Gasteiger partial charge in [0, 0.05) is 61.6 Å². The molecule has 2 heterocycles. The van der Waals surface area contributed by atoms with Gasteiger partial charge < -0.3 is 28.6 Å². The molecule has 1 aliphatic heterocycles. The largest absolute Gasteiger partial charge is 0.760 e. The summed E-state index contributed by atoms with van der Waals surface area (Å²) < 4.78 is 63.7. The topological polar surface area (TPSA) is 113 Å². The number of halogens is 2. The maximum atomic E-state index is 15.0. The van der Waals surface area contributed by atoms with Gasteiger partial charge in [-0.05, 0) is 61.0 Å². The molecule has 5 rings (SSSR count). The number of likely N-dealkylation sites (N-methyl/N-ethyl adjacent to an activating group) is 1. The van der Waals surface area contributed by atoms with Crippen molar-refractivity contribution in [3.05, 3.63) is 78.5 Å². The summed E-state index contributed by atoms with van der Waals surface area (Å²) in [6.45, 7) is 5.90. The minimum Gasteiger partial charge on any atom is -0.760 e. The molecule has 1 saturated heterocycles. The van der Waals surface area contributed by atoms with Crippen LogP contribution in [0.15, 0.2) is 66.9 Å². The molecule has 0 amide bonds. The maximum absolute atomic E-state index is 15.0. The molecule has 1 atom stereocenters. The van der Waals surface area contributed by atoms with Gasteiger partial charge in [-0.1, -0.05) is 18.2 Å². The zero-order valence-corrected chi connectivity index (χ0v) is 24.2. The van der Waals surface area contributed by atoms with Gasteiger partial charge >= 0.3 is 0 Å². The third kappa shape index (κ3) is 8.66. The Labute approximate surface area is 246 Å². The van der Waals surface area contributed by atoms with E-state index in [9.17, 15) is 8.78 Å². The van der Waals surface area contributed by atoms with E-state index < -0.39 is 17.1 Å². The number of methoxy groups -OCH3 is 1. The van der Waals surface area contributed by atoms with Crippen LogP contribution in [0, 0.1) is 11.6 Å². The molecule has 2 N–H and O–H groups in total. The Balaban J connectivity index is 0.000000952. The summed E-state index contributed by atoms with van der Waals surface area (Å²) in [5.41, 5.74) is 1.80. The number of fused-ring (bicyclic) bond motifs is 1. The van der Waals surface area contributed by atoms with Gasteiger partial charge in [-0.3, -0.25) is 14.3 Å². The van der Waals surface area contributed by atoms with E-state index in [0.717, 1.165) is 39.1 Å². The SMILES string of the molecule is COc1cc2c(Oc3ccc(-c4cccc(F)c4)cc3F)ccnc2cc1OCCCN1CCN(C)CC1.NS(=O)[O-]. The van der Waals surface area contributed by atoms with Crippen molar-refractivity contribution in [2.24, 2.45) is 5.14 Å². The first-order chi connectivity index (χ1) is 20.2. The van der Waals surface area contributed by atoms with Gasteiger partial charge in [0.05, 0.1) is 19.2 Å². The molecule has 0 spiro atoms. The first-order valence-electron chi connectivity index (χ1n) is 13.3. The Morgan fingerprint density at radius 2 is 1.69 bits per heavy atom. The van der Waals surface area contributed by atoms with E-state index in [1.807, 2.05) is 6.07 Å². The third-order valence-corrected chi connectivity index (χ3v) is 6.77. The lowest BCUT2D eigenvalue weighted by Gasteiger charge is -2.32. The summed E-state index contributed by atoms with van der Waals surface area (Å²) in [5.74, 6) is 0.724. The molecule has 0 saturated carbocycles. The second kappa shape index (κ2) is 15.0. The Kier molecular flexibility index (Phi) is 11.2. The number of hydrogen-bond donors (Lipinski definition) is 1. The van der Waals surface area contributed by atoms with Gasteiger partial charge in [0.2, 0.25) is 0 Å². The average molecular weight is 600 g/mol. The van der Waals surface area contributed by atoms with E-state index in [0.29, 0.717) is 45.9 Å². The number of nitrogens with two attached hydrogens (primary N) is 1. The van der Waals surface area contributed by atoms with Gasteiger partial charge in [0.15, 0.2) is 23.1 Å². The van der Waals surface area contributed by atoms with Crippen molar-refractivity contribution in [1.29, 1.82) is 0 Å². The molecule has 0 bridgehead atoms. The lowest BCUT2D eigenvalue weighted by Crippen LogP contribution is -2.44. The number of nitrogens with zero attached hydrogens (tertiary/aromatic N) is 3. The zero-order valence-electron chi connectivity index (χ0n) is 23.4. The molecule has 1 fully saturated rings. The molecular weight excluding hydrogens is 566 g/mol. The van der Waals surface area contributed by atoms with Crippen molar-refractivity contribution in [3.8, 4) is 34.1 Å². The van der Waals surface area contributed by atoms with E-state index in [-0.39, 0.29) is 11.6 Å². The quantitative estimate of drug-likeness (QED) is 0.217. The second-order valence-corrected chi connectivity index (χ2v) is 10.2. The number of piperazine rings is 1. The molecule has 1 unspecified atom stereocenters. The van der Waals surface area contributed by atoms with E-state index >= 15 is 0 Å².